The molecule has 0 bridgehead atoms. The van der Waals surface area contributed by atoms with E-state index in [4.69, 9.17) is 34.8 Å². The Labute approximate surface area is 128 Å². The third-order valence-electron chi connectivity index (χ3n) is 3.02. The third-order valence-corrected chi connectivity index (χ3v) is 4.05. The maximum absolute atomic E-state index is 6.13. The van der Waals surface area contributed by atoms with Crippen molar-refractivity contribution in [1.82, 2.24) is 4.98 Å². The zero-order chi connectivity index (χ0) is 13.7. The van der Waals surface area contributed by atoms with E-state index >= 15 is 0 Å². The van der Waals surface area contributed by atoms with E-state index in [1.165, 1.54) is 5.56 Å². The van der Waals surface area contributed by atoms with E-state index in [-0.39, 0.29) is 0 Å². The number of hydrogen-bond donors (Lipinski definition) is 0. The lowest BCUT2D eigenvalue weighted by atomic mass is 9.94. The molecule has 1 aromatic heterocycles. The van der Waals surface area contributed by atoms with Crippen molar-refractivity contribution in [3.63, 3.8) is 0 Å². The summed E-state index contributed by atoms with van der Waals surface area (Å²) in [6.45, 7) is 0. The number of alkyl halides is 1. The van der Waals surface area contributed by atoms with Crippen LogP contribution in [-0.4, -0.2) is 10.9 Å². The van der Waals surface area contributed by atoms with Crippen LogP contribution in [0.3, 0.4) is 0 Å². The van der Waals surface area contributed by atoms with E-state index in [1.54, 1.807) is 12.4 Å². The molecule has 1 unspecified atom stereocenters. The van der Waals surface area contributed by atoms with Gasteiger partial charge in [-0.1, -0.05) is 35.3 Å². The fourth-order valence-corrected chi connectivity index (χ4v) is 2.56. The minimum Gasteiger partial charge on any atom is -0.263 e. The van der Waals surface area contributed by atoms with E-state index in [2.05, 4.69) is 4.98 Å². The lowest BCUT2D eigenvalue weighted by Crippen LogP contribution is -2.10. The summed E-state index contributed by atoms with van der Waals surface area (Å²) in [7, 11) is 0. The molecule has 2 rings (SSSR count). The first-order valence-corrected chi connectivity index (χ1v) is 7.37. The van der Waals surface area contributed by atoms with Crippen molar-refractivity contribution in [1.29, 1.82) is 0 Å². The summed E-state index contributed by atoms with van der Waals surface area (Å²) in [6, 6.07) is 9.83. The summed E-state index contributed by atoms with van der Waals surface area (Å²) >= 11 is 18.1. The number of benzene rings is 1. The van der Waals surface area contributed by atoms with Crippen LogP contribution < -0.4 is 0 Å². The molecule has 0 saturated heterocycles. The van der Waals surface area contributed by atoms with Gasteiger partial charge in [0.2, 0.25) is 0 Å². The first kappa shape index (κ1) is 14.6. The van der Waals surface area contributed by atoms with Gasteiger partial charge < -0.3 is 0 Å². The highest BCUT2D eigenvalue weighted by Gasteiger charge is 2.12. The van der Waals surface area contributed by atoms with Crippen molar-refractivity contribution in [3.05, 3.63) is 63.9 Å². The van der Waals surface area contributed by atoms with Crippen LogP contribution in [0.15, 0.2) is 42.7 Å². The summed E-state index contributed by atoms with van der Waals surface area (Å²) in [5.41, 5.74) is 2.33. The molecule has 1 aromatic carbocycles. The van der Waals surface area contributed by atoms with Crippen molar-refractivity contribution < 1.29 is 0 Å². The highest BCUT2D eigenvalue weighted by molar-refractivity contribution is 6.31. The number of rotatable bonds is 5. The van der Waals surface area contributed by atoms with Gasteiger partial charge in [-0.15, -0.1) is 11.6 Å². The monoisotopic (exact) mass is 313 g/mol. The molecule has 2 aromatic rings. The number of pyridine rings is 1. The minimum absolute atomic E-state index is 0.350. The minimum atomic E-state index is 0.350. The van der Waals surface area contributed by atoms with Crippen LogP contribution in [0.5, 0.6) is 0 Å². The van der Waals surface area contributed by atoms with Crippen LogP contribution in [0.1, 0.15) is 11.1 Å². The predicted octanol–water partition coefficient (Wildman–Crippen LogP) is 5.03. The number of halogens is 3. The molecule has 0 fully saturated rings. The van der Waals surface area contributed by atoms with E-state index in [1.807, 2.05) is 30.3 Å². The summed E-state index contributed by atoms with van der Waals surface area (Å²) in [5.74, 6) is 0.948. The zero-order valence-corrected chi connectivity index (χ0v) is 12.6. The van der Waals surface area contributed by atoms with Crippen molar-refractivity contribution >= 4 is 34.8 Å². The second-order valence-corrected chi connectivity index (χ2v) is 5.67. The molecule has 0 N–H and O–H groups in total. The van der Waals surface area contributed by atoms with Gasteiger partial charge in [-0.05, 0) is 48.1 Å². The maximum Gasteiger partial charge on any atom is 0.0621 e. The molecule has 0 aliphatic heterocycles. The molecule has 4 heteroatoms. The number of hydrogen-bond acceptors (Lipinski definition) is 1. The van der Waals surface area contributed by atoms with Crippen molar-refractivity contribution in [2.24, 2.45) is 5.92 Å². The average Bonchev–Trinajstić information content (AvgIpc) is 2.43. The first-order valence-electron chi connectivity index (χ1n) is 6.08. The molecule has 1 atom stereocenters. The average molecular weight is 315 g/mol. The maximum atomic E-state index is 6.13. The Morgan fingerprint density at radius 3 is 2.37 bits per heavy atom. The molecule has 0 saturated carbocycles. The van der Waals surface area contributed by atoms with Crippen molar-refractivity contribution in [2.45, 2.75) is 12.8 Å². The van der Waals surface area contributed by atoms with Crippen LogP contribution >= 0.6 is 34.8 Å². The molecule has 0 amide bonds. The number of aromatic nitrogens is 1. The lowest BCUT2D eigenvalue weighted by molar-refractivity contribution is 0.584. The Kier molecular flexibility index (Phi) is 5.50. The summed E-state index contributed by atoms with van der Waals surface area (Å²) in [5, 5.41) is 1.46. The normalized spacial score (nSPS) is 12.4. The third kappa shape index (κ3) is 4.38. The van der Waals surface area contributed by atoms with Crippen LogP contribution in [-0.2, 0) is 12.8 Å². The SMILES string of the molecule is ClCC(Cc1ccc(Cl)cc1)Cc1ccncc1Cl. The van der Waals surface area contributed by atoms with E-state index in [0.29, 0.717) is 16.8 Å². The molecule has 0 radical (unpaired) electrons. The van der Waals surface area contributed by atoms with Crippen molar-refractivity contribution in [2.75, 3.05) is 5.88 Å². The summed E-state index contributed by atoms with van der Waals surface area (Å²) < 4.78 is 0. The van der Waals surface area contributed by atoms with Crippen LogP contribution in [0.2, 0.25) is 10.0 Å². The summed E-state index contributed by atoms with van der Waals surface area (Å²) in [6.07, 6.45) is 5.20. The number of nitrogens with zero attached hydrogens (tertiary/aromatic N) is 1. The van der Waals surface area contributed by atoms with Crippen molar-refractivity contribution in [3.8, 4) is 0 Å². The smallest absolute Gasteiger partial charge is 0.0621 e. The molecule has 1 nitrogen and oxygen atoms in total. The molecule has 1 heterocycles. The van der Waals surface area contributed by atoms with E-state index < -0.39 is 0 Å². The quantitative estimate of drug-likeness (QED) is 0.705. The lowest BCUT2D eigenvalue weighted by Gasteiger charge is -2.15. The highest BCUT2D eigenvalue weighted by Crippen LogP contribution is 2.22. The van der Waals surface area contributed by atoms with Gasteiger partial charge in [0.05, 0.1) is 5.02 Å². The Balaban J connectivity index is 2.05. The Bertz CT molecular complexity index is 525. The Morgan fingerprint density at radius 1 is 1.00 bits per heavy atom. The van der Waals surface area contributed by atoms with Crippen LogP contribution in [0.25, 0.3) is 0 Å². The van der Waals surface area contributed by atoms with Crippen LogP contribution in [0, 0.1) is 5.92 Å². The van der Waals surface area contributed by atoms with E-state index in [0.717, 1.165) is 23.4 Å². The van der Waals surface area contributed by atoms with E-state index in [9.17, 15) is 0 Å². The van der Waals surface area contributed by atoms with Gasteiger partial charge in [0, 0.05) is 23.3 Å². The summed E-state index contributed by atoms with van der Waals surface area (Å²) in [4.78, 5) is 3.99. The van der Waals surface area contributed by atoms with Crippen LogP contribution in [0.4, 0.5) is 0 Å². The molecule has 100 valence electrons. The predicted molar refractivity (Wildman–Crippen MR) is 82.3 cm³/mol. The van der Waals surface area contributed by atoms with Gasteiger partial charge in [0.25, 0.3) is 0 Å². The Hall–Kier alpha value is -0.760. The zero-order valence-electron chi connectivity index (χ0n) is 10.3. The Morgan fingerprint density at radius 2 is 1.74 bits per heavy atom. The van der Waals surface area contributed by atoms with Gasteiger partial charge in [0.1, 0.15) is 0 Å². The first-order chi connectivity index (χ1) is 9.19. The largest absolute Gasteiger partial charge is 0.263 e. The second kappa shape index (κ2) is 7.14. The van der Waals surface area contributed by atoms with Gasteiger partial charge in [-0.2, -0.15) is 0 Å². The van der Waals surface area contributed by atoms with Gasteiger partial charge >= 0.3 is 0 Å². The molecule has 0 aliphatic rings. The van der Waals surface area contributed by atoms with Gasteiger partial charge in [-0.3, -0.25) is 4.98 Å². The highest BCUT2D eigenvalue weighted by atomic mass is 35.5. The molecule has 0 aliphatic carbocycles. The molecule has 0 spiro atoms. The van der Waals surface area contributed by atoms with Gasteiger partial charge in [0.15, 0.2) is 0 Å². The molecule has 19 heavy (non-hydrogen) atoms. The van der Waals surface area contributed by atoms with Gasteiger partial charge in [-0.25, -0.2) is 0 Å². The standard InChI is InChI=1S/C15H14Cl3N/c16-9-12(7-11-1-3-14(17)4-2-11)8-13-5-6-19-10-15(13)18/h1-6,10,12H,7-9H2. The molecular weight excluding hydrogens is 301 g/mol. The second-order valence-electron chi connectivity index (χ2n) is 4.52. The fourth-order valence-electron chi connectivity index (χ4n) is 2.02. The fraction of sp³-hybridized carbons (Fsp3) is 0.267. The molecular formula is C15H14Cl3N. The topological polar surface area (TPSA) is 12.9 Å².